The highest BCUT2D eigenvalue weighted by Gasteiger charge is 2.63. The summed E-state index contributed by atoms with van der Waals surface area (Å²) >= 11 is 0. The highest BCUT2D eigenvalue weighted by Crippen LogP contribution is 2.46. The van der Waals surface area contributed by atoms with Crippen LogP contribution in [0.15, 0.2) is 273 Å². The van der Waals surface area contributed by atoms with Gasteiger partial charge in [0.1, 0.15) is 6.10 Å². The zero-order valence-electron chi connectivity index (χ0n) is 47.2. The van der Waals surface area contributed by atoms with E-state index >= 15 is 0 Å². The molecule has 18 rings (SSSR count). The van der Waals surface area contributed by atoms with E-state index in [1.54, 1.807) is 0 Å². The van der Waals surface area contributed by atoms with E-state index in [1.165, 1.54) is 32.3 Å². The van der Waals surface area contributed by atoms with Gasteiger partial charge in [-0.3, -0.25) is 0 Å². The summed E-state index contributed by atoms with van der Waals surface area (Å²) in [5, 5.41) is 33.0. The third-order valence-corrected chi connectivity index (χ3v) is 19.0. The monoisotopic (exact) mass is 1120 g/mol. The second-order valence-corrected chi connectivity index (χ2v) is 23.5. The van der Waals surface area contributed by atoms with Crippen LogP contribution in [-0.2, 0) is 23.3 Å². The van der Waals surface area contributed by atoms with Gasteiger partial charge in [0.15, 0.2) is 0 Å². The highest BCUT2D eigenvalue weighted by molar-refractivity contribution is 6.70. The molecule has 15 aromatic carbocycles. The average molecular weight is 1120 g/mol. The summed E-state index contributed by atoms with van der Waals surface area (Å²) in [6, 6.07) is 96.9. The smallest absolute Gasteiger partial charge is 0.426 e. The van der Waals surface area contributed by atoms with Crippen LogP contribution >= 0.6 is 0 Å². The van der Waals surface area contributed by atoms with Gasteiger partial charge in [0, 0.05) is 0 Å². The van der Waals surface area contributed by atoms with Crippen LogP contribution in [-0.4, -0.2) is 63.4 Å². The van der Waals surface area contributed by atoms with Gasteiger partial charge < -0.3 is 28.4 Å². The summed E-state index contributed by atoms with van der Waals surface area (Å²) in [7, 11) is 0.0661. The van der Waals surface area contributed by atoms with E-state index in [0.29, 0.717) is 0 Å². The van der Waals surface area contributed by atoms with Gasteiger partial charge >= 0.3 is 21.7 Å². The third-order valence-electron chi connectivity index (χ3n) is 19.0. The Morgan fingerprint density at radius 1 is 0.276 bits per heavy atom. The molecule has 1 N–H and O–H groups in total. The number of benzene rings is 15. The molecule has 6 nitrogen and oxygen atoms in total. The van der Waals surface area contributed by atoms with Gasteiger partial charge in [0.25, 0.3) is 0 Å². The second kappa shape index (κ2) is 20.4. The van der Waals surface area contributed by atoms with E-state index in [1.807, 2.05) is 7.48 Å². The number of hydrogen-bond donors (Lipinski definition) is 1. The first-order chi connectivity index (χ1) is 43.1. The van der Waals surface area contributed by atoms with Crippen molar-refractivity contribution in [3.63, 3.8) is 0 Å². The van der Waals surface area contributed by atoms with Crippen LogP contribution in [0, 0.1) is 0 Å². The van der Waals surface area contributed by atoms with Crippen molar-refractivity contribution >= 4 is 135 Å². The van der Waals surface area contributed by atoms with Crippen molar-refractivity contribution in [1.29, 1.82) is 0 Å². The van der Waals surface area contributed by atoms with E-state index in [9.17, 15) is 5.11 Å². The van der Waals surface area contributed by atoms with Crippen LogP contribution < -0.4 is 16.4 Å². The molecule has 1 saturated carbocycles. The summed E-state index contributed by atoms with van der Waals surface area (Å²) in [5.74, 6) is 0. The summed E-state index contributed by atoms with van der Waals surface area (Å²) in [4.78, 5) is 0. The molecular formula is C78H52B3O6. The van der Waals surface area contributed by atoms with Gasteiger partial charge in [0.2, 0.25) is 0 Å². The Hall–Kier alpha value is -9.41. The standard InChI is InChI=1S/C78H52B3O6/c82-73-74(83-79-70-61-37-13-7-31-55(61)67(56-32-8-14-38-62(56)70)52-43-19-25-46-22-1-4-28-49(46)52)76-78(87-81(85-76)72-65-41-17-11-35-59(65)69(60-36-12-18-42-66(60)72)54-45-21-27-48-24-3-6-30-51(48)54)77-75(73)84-80(86-77)71-63-39-15-9-33-57(63)68(58-34-10-16-40-64(58)71)53-44-20-26-47-23-2-5-29-50(47)53/h1-45,73-78,82H. The Morgan fingerprint density at radius 3 is 0.908 bits per heavy atom. The lowest BCUT2D eigenvalue weighted by molar-refractivity contribution is -0.146. The lowest BCUT2D eigenvalue weighted by Crippen LogP contribution is -2.62. The predicted molar refractivity (Wildman–Crippen MR) is 360 cm³/mol. The maximum atomic E-state index is 13.3. The minimum Gasteiger partial charge on any atom is -0.426 e. The quantitative estimate of drug-likeness (QED) is 0.121. The summed E-state index contributed by atoms with van der Waals surface area (Å²) < 4.78 is 37.0. The number of fused-ring (bicyclic) bond motifs is 12. The molecule has 1 aliphatic carbocycles. The molecule has 1 radical (unpaired) electrons. The SMILES string of the molecule is OC1C(O[B]c2c3ccccc3c(-c3cccc4ccccc34)c3ccccc23)C2OB(c3c4ccccc4c(-c4cccc5ccccc45)c4ccccc34)OC2C2OB(c3c4ccccc4c(-c4cccc5ccccc45)c4ccccc34)OC12. The first-order valence-corrected chi connectivity index (χ1v) is 30.2. The van der Waals surface area contributed by atoms with E-state index < -0.39 is 50.9 Å². The second-order valence-electron chi connectivity index (χ2n) is 23.5. The van der Waals surface area contributed by atoms with Crippen LogP contribution in [0.1, 0.15) is 0 Å². The van der Waals surface area contributed by atoms with Crippen molar-refractivity contribution in [3.8, 4) is 33.4 Å². The molecule has 87 heavy (non-hydrogen) atoms. The first-order valence-electron chi connectivity index (χ1n) is 30.2. The highest BCUT2D eigenvalue weighted by atomic mass is 16.7. The van der Waals surface area contributed by atoms with Crippen LogP contribution in [0.4, 0.5) is 0 Å². The van der Waals surface area contributed by atoms with E-state index in [0.717, 1.165) is 114 Å². The molecule has 0 spiro atoms. The van der Waals surface area contributed by atoms with Crippen molar-refractivity contribution < 1.29 is 28.4 Å². The van der Waals surface area contributed by atoms with Crippen molar-refractivity contribution in [2.45, 2.75) is 36.6 Å². The van der Waals surface area contributed by atoms with Gasteiger partial charge in [-0.05, 0) is 147 Å². The fourth-order valence-electron chi connectivity index (χ4n) is 15.3. The number of rotatable bonds is 8. The summed E-state index contributed by atoms with van der Waals surface area (Å²) in [6.07, 6.45) is -5.37. The van der Waals surface area contributed by atoms with Gasteiger partial charge in [-0.25, -0.2) is 0 Å². The summed E-state index contributed by atoms with van der Waals surface area (Å²) in [6.45, 7) is 0. The minimum absolute atomic E-state index is 0.739. The Balaban J connectivity index is 0.794. The van der Waals surface area contributed by atoms with Crippen LogP contribution in [0.25, 0.3) is 130 Å². The van der Waals surface area contributed by atoms with E-state index in [4.69, 9.17) is 23.3 Å². The molecule has 3 aliphatic rings. The first kappa shape index (κ1) is 50.9. The van der Waals surface area contributed by atoms with Gasteiger partial charge in [-0.1, -0.05) is 273 Å². The molecule has 409 valence electrons. The minimum atomic E-state index is -1.22. The largest absolute Gasteiger partial charge is 0.495 e. The van der Waals surface area contributed by atoms with Crippen LogP contribution in [0.2, 0.25) is 0 Å². The Labute approximate surface area is 503 Å². The average Bonchev–Trinajstić information content (AvgIpc) is 2.91. The Morgan fingerprint density at radius 2 is 0.540 bits per heavy atom. The topological polar surface area (TPSA) is 66.4 Å². The van der Waals surface area contributed by atoms with Gasteiger partial charge in [0.05, 0.1) is 30.5 Å². The van der Waals surface area contributed by atoms with Gasteiger partial charge in [-0.15, -0.1) is 0 Å². The maximum absolute atomic E-state index is 13.3. The Kier molecular flexibility index (Phi) is 11.9. The van der Waals surface area contributed by atoms with Crippen molar-refractivity contribution in [1.82, 2.24) is 0 Å². The Bertz CT molecular complexity index is 5130. The molecule has 6 unspecified atom stereocenters. The fourth-order valence-corrected chi connectivity index (χ4v) is 15.3. The molecule has 2 heterocycles. The number of aliphatic hydroxyl groups is 1. The van der Waals surface area contributed by atoms with Gasteiger partial charge in [-0.2, -0.15) is 0 Å². The fraction of sp³-hybridized carbons (Fsp3) is 0.0769. The van der Waals surface area contributed by atoms with Crippen molar-refractivity contribution in [2.75, 3.05) is 0 Å². The lowest BCUT2D eigenvalue weighted by atomic mass is 9.71. The molecule has 0 bridgehead atoms. The number of aliphatic hydroxyl groups excluding tert-OH is 1. The molecule has 0 aromatic heterocycles. The normalized spacial score (nSPS) is 19.4. The number of hydrogen-bond acceptors (Lipinski definition) is 6. The van der Waals surface area contributed by atoms with E-state index in [-0.39, 0.29) is 0 Å². The molecular weight excluding hydrogens is 1070 g/mol. The lowest BCUT2D eigenvalue weighted by Gasteiger charge is -2.42. The molecule has 3 fully saturated rings. The zero-order valence-corrected chi connectivity index (χ0v) is 47.2. The molecule has 6 atom stereocenters. The summed E-state index contributed by atoms with van der Waals surface area (Å²) in [5.41, 5.74) is 9.63. The van der Waals surface area contributed by atoms with Crippen LogP contribution in [0.5, 0.6) is 0 Å². The van der Waals surface area contributed by atoms with Crippen molar-refractivity contribution in [3.05, 3.63) is 273 Å². The molecule has 9 heteroatoms. The zero-order chi connectivity index (χ0) is 57.3. The van der Waals surface area contributed by atoms with E-state index in [2.05, 4.69) is 273 Å². The maximum Gasteiger partial charge on any atom is 0.495 e. The molecule has 2 saturated heterocycles. The third kappa shape index (κ3) is 7.88. The molecule has 15 aromatic rings. The van der Waals surface area contributed by atoms with Crippen molar-refractivity contribution in [2.24, 2.45) is 0 Å². The molecule has 0 amide bonds. The van der Waals surface area contributed by atoms with Crippen LogP contribution in [0.3, 0.4) is 0 Å². The molecule has 2 aliphatic heterocycles. The predicted octanol–water partition coefficient (Wildman–Crippen LogP) is 15.4.